The Bertz CT molecular complexity index is 411. The minimum Gasteiger partial charge on any atom is -0.491 e. The summed E-state index contributed by atoms with van der Waals surface area (Å²) in [4.78, 5) is 0. The van der Waals surface area contributed by atoms with Gasteiger partial charge in [-0.05, 0) is 31.0 Å². The molecule has 3 nitrogen and oxygen atoms in total. The molecule has 1 aromatic carbocycles. The van der Waals surface area contributed by atoms with E-state index in [1.807, 2.05) is 31.2 Å². The number of ether oxygens (including phenoxy) is 1. The summed E-state index contributed by atoms with van der Waals surface area (Å²) in [7, 11) is 0. The van der Waals surface area contributed by atoms with Gasteiger partial charge in [0.05, 0.1) is 6.04 Å². The SMILES string of the molecule is C#CC(CCC)NCC(O)COc1cccc(C)c1. The fourth-order valence-corrected chi connectivity index (χ4v) is 1.77. The van der Waals surface area contributed by atoms with Crippen LogP contribution in [0, 0.1) is 19.3 Å². The van der Waals surface area contributed by atoms with E-state index in [0.717, 1.165) is 24.2 Å². The number of nitrogens with one attached hydrogen (secondary N) is 1. The van der Waals surface area contributed by atoms with E-state index in [1.54, 1.807) is 0 Å². The quantitative estimate of drug-likeness (QED) is 0.704. The summed E-state index contributed by atoms with van der Waals surface area (Å²) in [5, 5.41) is 13.0. The molecule has 3 heteroatoms. The molecule has 0 saturated carbocycles. The van der Waals surface area contributed by atoms with Gasteiger partial charge in [0.2, 0.25) is 0 Å². The third-order valence-corrected chi connectivity index (χ3v) is 2.81. The van der Waals surface area contributed by atoms with Gasteiger partial charge in [0, 0.05) is 6.54 Å². The zero-order valence-corrected chi connectivity index (χ0v) is 11.7. The molecular weight excluding hydrogens is 238 g/mol. The molecule has 0 saturated heterocycles. The van der Waals surface area contributed by atoms with Gasteiger partial charge < -0.3 is 15.2 Å². The summed E-state index contributed by atoms with van der Waals surface area (Å²) in [6.45, 7) is 4.80. The largest absolute Gasteiger partial charge is 0.491 e. The Kier molecular flexibility index (Phi) is 7.02. The first-order valence-electron chi connectivity index (χ1n) is 6.72. The number of benzene rings is 1. The van der Waals surface area contributed by atoms with Gasteiger partial charge >= 0.3 is 0 Å². The molecule has 0 radical (unpaired) electrons. The Hall–Kier alpha value is -1.50. The molecule has 0 heterocycles. The molecule has 0 spiro atoms. The minimum absolute atomic E-state index is 0.0265. The molecule has 0 fully saturated rings. The van der Waals surface area contributed by atoms with Crippen LogP contribution in [-0.2, 0) is 0 Å². The summed E-state index contributed by atoms with van der Waals surface area (Å²) >= 11 is 0. The van der Waals surface area contributed by atoms with Crippen LogP contribution in [0.2, 0.25) is 0 Å². The van der Waals surface area contributed by atoms with Gasteiger partial charge in [-0.25, -0.2) is 0 Å². The first-order valence-corrected chi connectivity index (χ1v) is 6.72. The van der Waals surface area contributed by atoms with E-state index in [4.69, 9.17) is 11.2 Å². The minimum atomic E-state index is -0.562. The summed E-state index contributed by atoms with van der Waals surface area (Å²) < 4.78 is 5.53. The van der Waals surface area contributed by atoms with Crippen LogP contribution >= 0.6 is 0 Å². The molecule has 1 aromatic rings. The lowest BCUT2D eigenvalue weighted by atomic mass is 10.2. The van der Waals surface area contributed by atoms with Gasteiger partial charge in [-0.1, -0.05) is 31.4 Å². The zero-order chi connectivity index (χ0) is 14.1. The standard InChI is InChI=1S/C16H23NO2/c1-4-7-14(5-2)17-11-15(18)12-19-16-9-6-8-13(3)10-16/h2,6,8-10,14-15,17-18H,4,7,11-12H2,1,3H3. The van der Waals surface area contributed by atoms with Crippen LogP contribution in [0.4, 0.5) is 0 Å². The molecule has 0 aliphatic carbocycles. The molecular formula is C16H23NO2. The third kappa shape index (κ3) is 6.28. The normalized spacial score (nSPS) is 13.6. The topological polar surface area (TPSA) is 41.5 Å². The zero-order valence-electron chi connectivity index (χ0n) is 11.7. The van der Waals surface area contributed by atoms with Crippen molar-refractivity contribution in [3.05, 3.63) is 29.8 Å². The first-order chi connectivity index (χ1) is 9.15. The molecule has 19 heavy (non-hydrogen) atoms. The Balaban J connectivity index is 2.28. The number of aryl methyl sites for hydroxylation is 1. The smallest absolute Gasteiger partial charge is 0.119 e. The number of aliphatic hydroxyl groups is 1. The van der Waals surface area contributed by atoms with Gasteiger partial charge in [-0.2, -0.15) is 0 Å². The van der Waals surface area contributed by atoms with Crippen LogP contribution in [0.15, 0.2) is 24.3 Å². The van der Waals surface area contributed by atoms with Gasteiger partial charge in [-0.15, -0.1) is 6.42 Å². The number of aliphatic hydroxyl groups excluding tert-OH is 1. The van der Waals surface area contributed by atoms with Crippen LogP contribution in [-0.4, -0.2) is 30.4 Å². The highest BCUT2D eigenvalue weighted by atomic mass is 16.5. The van der Waals surface area contributed by atoms with E-state index in [-0.39, 0.29) is 12.6 Å². The second-order valence-corrected chi connectivity index (χ2v) is 4.70. The molecule has 0 aromatic heterocycles. The monoisotopic (exact) mass is 261 g/mol. The fourth-order valence-electron chi connectivity index (χ4n) is 1.77. The molecule has 104 valence electrons. The van der Waals surface area contributed by atoms with E-state index in [9.17, 15) is 5.11 Å². The summed E-state index contributed by atoms with van der Waals surface area (Å²) in [5.74, 6) is 3.46. The molecule has 2 unspecified atom stereocenters. The molecule has 0 aliphatic heterocycles. The second-order valence-electron chi connectivity index (χ2n) is 4.70. The molecule has 0 bridgehead atoms. The van der Waals surface area contributed by atoms with Crippen molar-refractivity contribution in [3.63, 3.8) is 0 Å². The maximum absolute atomic E-state index is 9.84. The lowest BCUT2D eigenvalue weighted by Crippen LogP contribution is -2.37. The van der Waals surface area contributed by atoms with Crippen molar-refractivity contribution in [3.8, 4) is 18.1 Å². The third-order valence-electron chi connectivity index (χ3n) is 2.81. The van der Waals surface area contributed by atoms with Gasteiger partial charge in [-0.3, -0.25) is 0 Å². The summed E-state index contributed by atoms with van der Waals surface area (Å²) in [6, 6.07) is 7.80. The van der Waals surface area contributed by atoms with E-state index >= 15 is 0 Å². The average Bonchev–Trinajstić information content (AvgIpc) is 2.41. The van der Waals surface area contributed by atoms with Crippen LogP contribution in [0.1, 0.15) is 25.3 Å². The first kappa shape index (κ1) is 15.6. The summed E-state index contributed by atoms with van der Waals surface area (Å²) in [6.07, 6.45) is 6.78. The highest BCUT2D eigenvalue weighted by molar-refractivity contribution is 5.27. The number of hydrogen-bond acceptors (Lipinski definition) is 3. The van der Waals surface area contributed by atoms with Crippen LogP contribution in [0.5, 0.6) is 5.75 Å². The van der Waals surface area contributed by atoms with E-state index < -0.39 is 6.10 Å². The molecule has 0 amide bonds. The fraction of sp³-hybridized carbons (Fsp3) is 0.500. The van der Waals surface area contributed by atoms with Gasteiger partial charge in [0.1, 0.15) is 18.5 Å². The highest BCUT2D eigenvalue weighted by Gasteiger charge is 2.08. The number of hydrogen-bond donors (Lipinski definition) is 2. The molecule has 1 rings (SSSR count). The molecule has 2 atom stereocenters. The predicted molar refractivity (Wildman–Crippen MR) is 78.2 cm³/mol. The molecule has 2 N–H and O–H groups in total. The van der Waals surface area contributed by atoms with Crippen molar-refractivity contribution in [2.24, 2.45) is 0 Å². The average molecular weight is 261 g/mol. The lowest BCUT2D eigenvalue weighted by molar-refractivity contribution is 0.105. The maximum Gasteiger partial charge on any atom is 0.119 e. The molecule has 0 aliphatic rings. The van der Waals surface area contributed by atoms with Crippen molar-refractivity contribution in [2.45, 2.75) is 38.8 Å². The lowest BCUT2D eigenvalue weighted by Gasteiger charge is -2.16. The van der Waals surface area contributed by atoms with Crippen molar-refractivity contribution >= 4 is 0 Å². The second kappa shape index (κ2) is 8.58. The summed E-state index contributed by atoms with van der Waals surface area (Å²) in [5.41, 5.74) is 1.14. The highest BCUT2D eigenvalue weighted by Crippen LogP contribution is 2.12. The van der Waals surface area contributed by atoms with Crippen molar-refractivity contribution in [2.75, 3.05) is 13.2 Å². The van der Waals surface area contributed by atoms with Crippen molar-refractivity contribution in [1.82, 2.24) is 5.32 Å². The van der Waals surface area contributed by atoms with Gasteiger partial charge in [0.25, 0.3) is 0 Å². The van der Waals surface area contributed by atoms with Crippen molar-refractivity contribution < 1.29 is 9.84 Å². The Morgan fingerprint density at radius 2 is 2.26 bits per heavy atom. The van der Waals surface area contributed by atoms with Crippen molar-refractivity contribution in [1.29, 1.82) is 0 Å². The van der Waals surface area contributed by atoms with Gasteiger partial charge in [0.15, 0.2) is 0 Å². The predicted octanol–water partition coefficient (Wildman–Crippen LogP) is 2.13. The Labute approximate surface area is 116 Å². The number of terminal acetylenes is 1. The Morgan fingerprint density at radius 1 is 1.47 bits per heavy atom. The van der Waals surface area contributed by atoms with E-state index in [2.05, 4.69) is 18.2 Å². The number of rotatable bonds is 8. The Morgan fingerprint density at radius 3 is 2.89 bits per heavy atom. The van der Waals surface area contributed by atoms with Crippen LogP contribution in [0.25, 0.3) is 0 Å². The van der Waals surface area contributed by atoms with Crippen LogP contribution < -0.4 is 10.1 Å². The maximum atomic E-state index is 9.84. The van der Waals surface area contributed by atoms with E-state index in [1.165, 1.54) is 0 Å². The van der Waals surface area contributed by atoms with Crippen LogP contribution in [0.3, 0.4) is 0 Å². The van der Waals surface area contributed by atoms with E-state index in [0.29, 0.717) is 6.54 Å².